The fraction of sp³-hybridized carbons (Fsp3) is 0.316. The molecule has 144 valence electrons. The van der Waals surface area contributed by atoms with E-state index in [2.05, 4.69) is 4.72 Å². The Balaban J connectivity index is 1.70. The number of aryl methyl sites for hydroxylation is 4. The second-order valence-electron chi connectivity index (χ2n) is 6.62. The molecule has 2 aromatic carbocycles. The normalized spacial score (nSPS) is 11.9. The molecule has 1 heterocycles. The van der Waals surface area contributed by atoms with Gasteiger partial charge in [-0.2, -0.15) is 0 Å². The van der Waals surface area contributed by atoms with Gasteiger partial charge in [0, 0.05) is 20.6 Å². The minimum atomic E-state index is -3.70. The number of aromatic nitrogens is 2. The van der Waals surface area contributed by atoms with Crippen LogP contribution < -0.4 is 15.1 Å². The summed E-state index contributed by atoms with van der Waals surface area (Å²) in [4.78, 5) is 12.1. The minimum absolute atomic E-state index is 0.114. The Bertz CT molecular complexity index is 1140. The van der Waals surface area contributed by atoms with Gasteiger partial charge in [-0.3, -0.25) is 9.13 Å². The first-order chi connectivity index (χ1) is 12.7. The van der Waals surface area contributed by atoms with Crippen molar-refractivity contribution in [3.05, 3.63) is 58.0 Å². The number of fused-ring (bicyclic) bond motifs is 1. The average molecular weight is 389 g/mol. The Morgan fingerprint density at radius 3 is 2.26 bits per heavy atom. The predicted molar refractivity (Wildman–Crippen MR) is 105 cm³/mol. The first kappa shape index (κ1) is 19.2. The summed E-state index contributed by atoms with van der Waals surface area (Å²) in [6.07, 6.45) is 0. The lowest BCUT2D eigenvalue weighted by Gasteiger charge is -2.10. The van der Waals surface area contributed by atoms with E-state index in [1.165, 1.54) is 21.3 Å². The van der Waals surface area contributed by atoms with Crippen molar-refractivity contribution in [3.63, 3.8) is 0 Å². The number of hydrogen-bond acceptors (Lipinski definition) is 4. The van der Waals surface area contributed by atoms with E-state index in [0.717, 1.165) is 11.1 Å². The molecule has 3 aromatic rings. The maximum absolute atomic E-state index is 12.5. The Morgan fingerprint density at radius 2 is 1.59 bits per heavy atom. The Morgan fingerprint density at radius 1 is 0.963 bits per heavy atom. The van der Waals surface area contributed by atoms with E-state index in [1.54, 1.807) is 20.2 Å². The second-order valence-corrected chi connectivity index (χ2v) is 8.39. The number of nitrogens with zero attached hydrogens (tertiary/aromatic N) is 2. The highest BCUT2D eigenvalue weighted by Crippen LogP contribution is 2.18. The topological polar surface area (TPSA) is 82.3 Å². The van der Waals surface area contributed by atoms with Gasteiger partial charge < -0.3 is 4.74 Å². The van der Waals surface area contributed by atoms with Crippen molar-refractivity contribution in [2.24, 2.45) is 14.1 Å². The molecule has 0 fully saturated rings. The van der Waals surface area contributed by atoms with E-state index in [9.17, 15) is 13.2 Å². The Hall–Kier alpha value is -2.58. The molecule has 0 saturated carbocycles. The van der Waals surface area contributed by atoms with E-state index in [-0.39, 0.29) is 23.7 Å². The molecular weight excluding hydrogens is 366 g/mol. The third-order valence-corrected chi connectivity index (χ3v) is 5.87. The zero-order valence-corrected chi connectivity index (χ0v) is 16.6. The number of ether oxygens (including phenoxy) is 1. The number of rotatable bonds is 6. The highest BCUT2D eigenvalue weighted by Gasteiger charge is 2.16. The summed E-state index contributed by atoms with van der Waals surface area (Å²) >= 11 is 0. The molecule has 1 N–H and O–H groups in total. The molecule has 8 heteroatoms. The SMILES string of the molecule is Cc1cc(C)cc(OCCNS(=O)(=O)c2ccc3c(c2)n(C)c(=O)n3C)c1. The van der Waals surface area contributed by atoms with Gasteiger partial charge in [-0.1, -0.05) is 6.07 Å². The van der Waals surface area contributed by atoms with Crippen LogP contribution in [-0.4, -0.2) is 30.7 Å². The molecule has 0 saturated heterocycles. The van der Waals surface area contributed by atoms with Gasteiger partial charge in [-0.25, -0.2) is 17.9 Å². The largest absolute Gasteiger partial charge is 0.492 e. The van der Waals surface area contributed by atoms with E-state index in [4.69, 9.17) is 4.74 Å². The first-order valence-corrected chi connectivity index (χ1v) is 10.0. The van der Waals surface area contributed by atoms with Crippen LogP contribution in [0.3, 0.4) is 0 Å². The molecule has 0 spiro atoms. The zero-order valence-electron chi connectivity index (χ0n) is 15.8. The molecule has 0 aliphatic carbocycles. The second kappa shape index (κ2) is 7.21. The van der Waals surface area contributed by atoms with Gasteiger partial charge in [0.1, 0.15) is 12.4 Å². The third-order valence-electron chi connectivity index (χ3n) is 4.41. The number of sulfonamides is 1. The molecule has 0 aliphatic heterocycles. The molecule has 3 rings (SSSR count). The summed E-state index contributed by atoms with van der Waals surface area (Å²) in [6, 6.07) is 10.5. The van der Waals surface area contributed by atoms with Gasteiger partial charge in [0.25, 0.3) is 0 Å². The smallest absolute Gasteiger partial charge is 0.328 e. The molecule has 0 aliphatic rings. The Kier molecular flexibility index (Phi) is 5.12. The summed E-state index contributed by atoms with van der Waals surface area (Å²) in [7, 11) is -0.426. The van der Waals surface area contributed by atoms with Crippen molar-refractivity contribution in [2.75, 3.05) is 13.2 Å². The van der Waals surface area contributed by atoms with Gasteiger partial charge in [0.05, 0.1) is 15.9 Å². The maximum atomic E-state index is 12.5. The van der Waals surface area contributed by atoms with Gasteiger partial charge >= 0.3 is 5.69 Å². The molecule has 0 amide bonds. The predicted octanol–water partition coefficient (Wildman–Crippen LogP) is 1.85. The molecule has 0 radical (unpaired) electrons. The van der Waals surface area contributed by atoms with Gasteiger partial charge in [0.15, 0.2) is 0 Å². The van der Waals surface area contributed by atoms with Gasteiger partial charge in [-0.05, 0) is 55.3 Å². The summed E-state index contributed by atoms with van der Waals surface area (Å²) in [6.45, 7) is 4.32. The van der Waals surface area contributed by atoms with Crippen LogP contribution >= 0.6 is 0 Å². The first-order valence-electron chi connectivity index (χ1n) is 8.55. The monoisotopic (exact) mass is 389 g/mol. The van der Waals surface area contributed by atoms with Crippen LogP contribution in [-0.2, 0) is 24.1 Å². The van der Waals surface area contributed by atoms with Crippen LogP contribution in [0.25, 0.3) is 11.0 Å². The van der Waals surface area contributed by atoms with Crippen LogP contribution in [0, 0.1) is 13.8 Å². The molecule has 27 heavy (non-hydrogen) atoms. The highest BCUT2D eigenvalue weighted by molar-refractivity contribution is 7.89. The fourth-order valence-electron chi connectivity index (χ4n) is 3.10. The number of hydrogen-bond donors (Lipinski definition) is 1. The standard InChI is InChI=1S/C19H23N3O4S/c1-13-9-14(2)11-15(10-13)26-8-7-20-27(24,25)16-5-6-17-18(12-16)22(4)19(23)21(17)3/h5-6,9-12,20H,7-8H2,1-4H3. The molecular formula is C19H23N3O4S. The fourth-order valence-corrected chi connectivity index (χ4v) is 4.13. The molecule has 0 atom stereocenters. The molecule has 7 nitrogen and oxygen atoms in total. The molecule has 1 aromatic heterocycles. The maximum Gasteiger partial charge on any atom is 0.328 e. The number of nitrogens with one attached hydrogen (secondary N) is 1. The molecule has 0 unspecified atom stereocenters. The van der Waals surface area contributed by atoms with Crippen molar-refractivity contribution in [1.29, 1.82) is 0 Å². The average Bonchev–Trinajstić information content (AvgIpc) is 2.82. The van der Waals surface area contributed by atoms with Crippen LogP contribution in [0.2, 0.25) is 0 Å². The van der Waals surface area contributed by atoms with Crippen molar-refractivity contribution in [2.45, 2.75) is 18.7 Å². The van der Waals surface area contributed by atoms with Crippen LogP contribution in [0.5, 0.6) is 5.75 Å². The van der Waals surface area contributed by atoms with Crippen molar-refractivity contribution in [3.8, 4) is 5.75 Å². The Labute approximate surface area is 158 Å². The van der Waals surface area contributed by atoms with E-state index in [1.807, 2.05) is 32.0 Å². The molecule has 0 bridgehead atoms. The summed E-state index contributed by atoms with van der Waals surface area (Å²) < 4.78 is 36.2. The number of benzene rings is 2. The quantitative estimate of drug-likeness (QED) is 0.653. The van der Waals surface area contributed by atoms with Gasteiger partial charge in [0.2, 0.25) is 10.0 Å². The third kappa shape index (κ3) is 3.91. The van der Waals surface area contributed by atoms with E-state index >= 15 is 0 Å². The lowest BCUT2D eigenvalue weighted by Crippen LogP contribution is -2.28. The van der Waals surface area contributed by atoms with Crippen molar-refractivity contribution < 1.29 is 13.2 Å². The summed E-state index contributed by atoms with van der Waals surface area (Å²) in [5, 5.41) is 0. The van der Waals surface area contributed by atoms with Crippen LogP contribution in [0.4, 0.5) is 0 Å². The van der Waals surface area contributed by atoms with Crippen LogP contribution in [0.1, 0.15) is 11.1 Å². The highest BCUT2D eigenvalue weighted by atomic mass is 32.2. The van der Waals surface area contributed by atoms with Gasteiger partial charge in [-0.15, -0.1) is 0 Å². The number of imidazole rings is 1. The zero-order chi connectivity index (χ0) is 19.8. The van der Waals surface area contributed by atoms with Crippen molar-refractivity contribution >= 4 is 21.1 Å². The minimum Gasteiger partial charge on any atom is -0.492 e. The summed E-state index contributed by atoms with van der Waals surface area (Å²) in [5.74, 6) is 0.715. The van der Waals surface area contributed by atoms with Crippen molar-refractivity contribution in [1.82, 2.24) is 13.9 Å². The van der Waals surface area contributed by atoms with Crippen LogP contribution in [0.15, 0.2) is 46.1 Å². The lowest BCUT2D eigenvalue weighted by molar-refractivity contribution is 0.322. The van der Waals surface area contributed by atoms with E-state index in [0.29, 0.717) is 16.8 Å². The lowest BCUT2D eigenvalue weighted by atomic mass is 10.1. The summed E-state index contributed by atoms with van der Waals surface area (Å²) in [5.41, 5.74) is 3.23. The van der Waals surface area contributed by atoms with E-state index < -0.39 is 10.0 Å².